The molecule has 2 aromatic heterocycles. The van der Waals surface area contributed by atoms with Crippen LogP contribution in [0.1, 0.15) is 35.7 Å². The first-order chi connectivity index (χ1) is 16.0. The summed E-state index contributed by atoms with van der Waals surface area (Å²) < 4.78 is 5.63. The van der Waals surface area contributed by atoms with Crippen LogP contribution in [0.15, 0.2) is 67.0 Å². The minimum absolute atomic E-state index is 0.201. The fourth-order valence-corrected chi connectivity index (χ4v) is 3.48. The molecule has 2 heterocycles. The lowest BCUT2D eigenvalue weighted by atomic mass is 10.0. The monoisotopic (exact) mass is 462 g/mol. The molecule has 2 aromatic carbocycles. The van der Waals surface area contributed by atoms with Gasteiger partial charge in [0.2, 0.25) is 0 Å². The van der Waals surface area contributed by atoms with Gasteiger partial charge in [-0.15, -0.1) is 0 Å². The number of hydrogen-bond acceptors (Lipinski definition) is 4. The highest BCUT2D eigenvalue weighted by Gasteiger charge is 2.16. The Kier molecular flexibility index (Phi) is 6.90. The number of nitrogens with zero attached hydrogens (tertiary/aromatic N) is 1. The molecule has 0 spiro atoms. The summed E-state index contributed by atoms with van der Waals surface area (Å²) in [7, 11) is 0. The highest BCUT2D eigenvalue weighted by molar-refractivity contribution is 6.31. The van der Waals surface area contributed by atoms with Gasteiger partial charge in [-0.3, -0.25) is 4.79 Å². The van der Waals surface area contributed by atoms with Gasteiger partial charge in [-0.1, -0.05) is 37.1 Å². The maximum absolute atomic E-state index is 13.1. The van der Waals surface area contributed by atoms with E-state index < -0.39 is 6.03 Å². The van der Waals surface area contributed by atoms with Crippen molar-refractivity contribution >= 4 is 45.8 Å². The summed E-state index contributed by atoms with van der Waals surface area (Å²) >= 11 is 6.04. The third-order valence-electron chi connectivity index (χ3n) is 5.00. The zero-order valence-electron chi connectivity index (χ0n) is 18.0. The molecule has 0 saturated carbocycles. The standard InChI is InChI=1S/C25H23ClN4O3/c1-2-3-11-33-20-9-7-18(8-10-20)29-25(32)30-19-6-4-5-16(12-19)23(31)22-15-28-24-21(22)13-17(26)14-27-24/h4-10,12-15H,2-3,11H2,1H3,(H,27,28)(H2,29,30,32). The number of nitrogens with one attached hydrogen (secondary N) is 3. The average Bonchev–Trinajstić information content (AvgIpc) is 3.23. The van der Waals surface area contributed by atoms with Crippen LogP contribution in [-0.4, -0.2) is 28.4 Å². The topological polar surface area (TPSA) is 96.1 Å². The van der Waals surface area contributed by atoms with E-state index in [1.807, 2.05) is 12.1 Å². The smallest absolute Gasteiger partial charge is 0.323 e. The molecule has 0 unspecified atom stereocenters. The van der Waals surface area contributed by atoms with Crippen LogP contribution in [0.2, 0.25) is 5.02 Å². The first-order valence-electron chi connectivity index (χ1n) is 10.6. The van der Waals surface area contributed by atoms with Crippen LogP contribution >= 0.6 is 11.6 Å². The van der Waals surface area contributed by atoms with Crippen molar-refractivity contribution < 1.29 is 14.3 Å². The van der Waals surface area contributed by atoms with Crippen molar-refractivity contribution in [2.45, 2.75) is 19.8 Å². The van der Waals surface area contributed by atoms with Crippen molar-refractivity contribution in [3.63, 3.8) is 0 Å². The van der Waals surface area contributed by atoms with Crippen molar-refractivity contribution in [2.24, 2.45) is 0 Å². The van der Waals surface area contributed by atoms with Crippen molar-refractivity contribution in [1.29, 1.82) is 0 Å². The number of aromatic amines is 1. The SMILES string of the molecule is CCCCOc1ccc(NC(=O)Nc2cccc(C(=O)c3c[nH]c4ncc(Cl)cc34)c2)cc1. The van der Waals surface area contributed by atoms with Gasteiger partial charge in [0.1, 0.15) is 11.4 Å². The van der Waals surface area contributed by atoms with E-state index in [4.69, 9.17) is 16.3 Å². The lowest BCUT2D eigenvalue weighted by Gasteiger charge is -2.10. The summed E-state index contributed by atoms with van der Waals surface area (Å²) in [6.07, 6.45) is 5.19. The van der Waals surface area contributed by atoms with Crippen LogP contribution in [0.3, 0.4) is 0 Å². The summed E-state index contributed by atoms with van der Waals surface area (Å²) in [5.41, 5.74) is 2.60. The summed E-state index contributed by atoms with van der Waals surface area (Å²) in [6, 6.07) is 15.2. The largest absolute Gasteiger partial charge is 0.494 e. The van der Waals surface area contributed by atoms with E-state index in [0.29, 0.717) is 45.2 Å². The second-order valence-electron chi connectivity index (χ2n) is 7.47. The average molecular weight is 463 g/mol. The molecule has 0 fully saturated rings. The Hall–Kier alpha value is -3.84. The Bertz CT molecular complexity index is 1280. The van der Waals surface area contributed by atoms with E-state index in [1.54, 1.807) is 48.7 Å². The molecule has 33 heavy (non-hydrogen) atoms. The predicted molar refractivity (Wildman–Crippen MR) is 130 cm³/mol. The molecule has 0 aliphatic heterocycles. The van der Waals surface area contributed by atoms with Crippen LogP contribution in [0.25, 0.3) is 11.0 Å². The lowest BCUT2D eigenvalue weighted by Crippen LogP contribution is -2.19. The molecule has 2 amide bonds. The number of carbonyl (C=O) groups excluding carboxylic acids is 2. The number of anilines is 2. The first kappa shape index (κ1) is 22.4. The molecule has 0 aliphatic rings. The molecular weight excluding hydrogens is 440 g/mol. The van der Waals surface area contributed by atoms with Gasteiger partial charge in [0.15, 0.2) is 5.78 Å². The Labute approximate surface area is 196 Å². The molecule has 4 aromatic rings. The van der Waals surface area contributed by atoms with Crippen molar-refractivity contribution in [1.82, 2.24) is 9.97 Å². The van der Waals surface area contributed by atoms with Crippen LogP contribution < -0.4 is 15.4 Å². The molecule has 8 heteroatoms. The van der Waals surface area contributed by atoms with Gasteiger partial charge in [0.25, 0.3) is 0 Å². The highest BCUT2D eigenvalue weighted by Crippen LogP contribution is 2.24. The highest BCUT2D eigenvalue weighted by atomic mass is 35.5. The third-order valence-corrected chi connectivity index (χ3v) is 5.21. The molecule has 168 valence electrons. The molecular formula is C25H23ClN4O3. The number of aromatic nitrogens is 2. The fraction of sp³-hybridized carbons (Fsp3) is 0.160. The third kappa shape index (κ3) is 5.51. The number of amides is 2. The molecule has 0 atom stereocenters. The molecule has 4 rings (SSSR count). The molecule has 0 saturated heterocycles. The number of unbranched alkanes of at least 4 members (excludes halogenated alkanes) is 1. The van der Waals surface area contributed by atoms with Crippen LogP contribution in [-0.2, 0) is 0 Å². The quantitative estimate of drug-likeness (QED) is 0.212. The van der Waals surface area contributed by atoms with E-state index in [9.17, 15) is 9.59 Å². The van der Waals surface area contributed by atoms with Gasteiger partial charge in [-0.05, 0) is 48.9 Å². The van der Waals surface area contributed by atoms with E-state index in [0.717, 1.165) is 18.6 Å². The Morgan fingerprint density at radius 3 is 2.64 bits per heavy atom. The van der Waals surface area contributed by atoms with Gasteiger partial charge in [-0.25, -0.2) is 9.78 Å². The van der Waals surface area contributed by atoms with Crippen LogP contribution in [0.4, 0.5) is 16.2 Å². The maximum atomic E-state index is 13.1. The van der Waals surface area contributed by atoms with Gasteiger partial charge < -0.3 is 20.4 Å². The number of rotatable bonds is 8. The predicted octanol–water partition coefficient (Wildman–Crippen LogP) is 6.27. The summed E-state index contributed by atoms with van der Waals surface area (Å²) in [5, 5.41) is 6.62. The zero-order chi connectivity index (χ0) is 23.2. The van der Waals surface area contributed by atoms with Gasteiger partial charge in [-0.2, -0.15) is 0 Å². The number of pyridine rings is 1. The van der Waals surface area contributed by atoms with Crippen molar-refractivity contribution in [2.75, 3.05) is 17.2 Å². The number of fused-ring (bicyclic) bond motifs is 1. The maximum Gasteiger partial charge on any atom is 0.323 e. The number of carbonyl (C=O) groups is 2. The summed E-state index contributed by atoms with van der Waals surface area (Å²) in [6.45, 7) is 2.78. The van der Waals surface area contributed by atoms with E-state index >= 15 is 0 Å². The lowest BCUT2D eigenvalue weighted by molar-refractivity contribution is 0.104. The zero-order valence-corrected chi connectivity index (χ0v) is 18.8. The number of ether oxygens (including phenoxy) is 1. The van der Waals surface area contributed by atoms with Crippen molar-refractivity contribution in [3.8, 4) is 5.75 Å². The van der Waals surface area contributed by atoms with E-state index in [1.165, 1.54) is 6.20 Å². The number of hydrogen-bond donors (Lipinski definition) is 3. The van der Waals surface area contributed by atoms with Crippen molar-refractivity contribution in [3.05, 3.63) is 83.1 Å². The summed E-state index contributed by atoms with van der Waals surface area (Å²) in [4.78, 5) is 32.7. The van der Waals surface area contributed by atoms with Crippen LogP contribution in [0, 0.1) is 0 Å². The number of benzene rings is 2. The molecule has 0 bridgehead atoms. The number of H-pyrrole nitrogens is 1. The second kappa shape index (κ2) is 10.2. The summed E-state index contributed by atoms with van der Waals surface area (Å²) in [5.74, 6) is 0.558. The van der Waals surface area contributed by atoms with Gasteiger partial charge in [0.05, 0.1) is 11.6 Å². The van der Waals surface area contributed by atoms with E-state index in [-0.39, 0.29) is 5.78 Å². The first-order valence-corrected chi connectivity index (χ1v) is 11.0. The minimum Gasteiger partial charge on any atom is -0.494 e. The minimum atomic E-state index is -0.415. The second-order valence-corrected chi connectivity index (χ2v) is 7.90. The van der Waals surface area contributed by atoms with Crippen LogP contribution in [0.5, 0.6) is 5.75 Å². The fourth-order valence-electron chi connectivity index (χ4n) is 3.32. The van der Waals surface area contributed by atoms with Gasteiger partial charge in [0, 0.05) is 40.3 Å². The number of urea groups is 1. The van der Waals surface area contributed by atoms with Gasteiger partial charge >= 0.3 is 6.03 Å². The molecule has 3 N–H and O–H groups in total. The number of ketones is 1. The Morgan fingerprint density at radius 2 is 1.85 bits per heavy atom. The Morgan fingerprint density at radius 1 is 1.06 bits per heavy atom. The normalized spacial score (nSPS) is 10.7. The Balaban J connectivity index is 1.42. The number of halogens is 1. The molecule has 0 radical (unpaired) electrons. The molecule has 0 aliphatic carbocycles. The van der Waals surface area contributed by atoms with E-state index in [2.05, 4.69) is 27.5 Å². The molecule has 7 nitrogen and oxygen atoms in total.